The third kappa shape index (κ3) is 3.34. The van der Waals surface area contributed by atoms with E-state index in [0.29, 0.717) is 0 Å². The highest BCUT2D eigenvalue weighted by Gasteiger charge is 2.36. The number of hydrogen-bond donors (Lipinski definition) is 0. The van der Waals surface area contributed by atoms with Crippen LogP contribution in [0.25, 0.3) is 6.08 Å². The van der Waals surface area contributed by atoms with E-state index in [-0.39, 0.29) is 5.76 Å². The summed E-state index contributed by atoms with van der Waals surface area (Å²) in [5.41, 5.74) is 3.02. The highest BCUT2D eigenvalue weighted by atomic mass is 16.5. The number of carbonyl (C=O) groups excluding carboxylic acids is 3. The van der Waals surface area contributed by atoms with E-state index in [1.54, 1.807) is 6.08 Å². The van der Waals surface area contributed by atoms with E-state index in [1.807, 2.05) is 32.0 Å². The van der Waals surface area contributed by atoms with Crippen molar-refractivity contribution in [3.8, 4) is 0 Å². The number of ether oxygens (including phenoxy) is 1. The normalized spacial score (nSPS) is 18.6. The number of carbonyl (C=O) groups is 3. The average molecular weight is 284 g/mol. The van der Waals surface area contributed by atoms with Gasteiger partial charge in [0.1, 0.15) is 5.76 Å². The number of aryl methyl sites for hydroxylation is 2. The first-order valence-electron chi connectivity index (χ1n) is 6.61. The fourth-order valence-electron chi connectivity index (χ4n) is 2.18. The van der Waals surface area contributed by atoms with Crippen molar-refractivity contribution in [2.24, 2.45) is 5.92 Å². The van der Waals surface area contributed by atoms with E-state index in [4.69, 9.17) is 4.74 Å². The van der Waals surface area contributed by atoms with Crippen molar-refractivity contribution in [2.75, 3.05) is 0 Å². The molecule has 0 saturated heterocycles. The Balaban J connectivity index is 2.20. The Hall–Kier alpha value is -2.49. The molecule has 4 heteroatoms. The Morgan fingerprint density at radius 3 is 2.52 bits per heavy atom. The highest BCUT2D eigenvalue weighted by Crippen LogP contribution is 2.17. The summed E-state index contributed by atoms with van der Waals surface area (Å²) in [6.07, 6.45) is 4.05. The lowest BCUT2D eigenvalue weighted by Crippen LogP contribution is -2.34. The van der Waals surface area contributed by atoms with Gasteiger partial charge in [0, 0.05) is 6.08 Å². The molecule has 0 aromatic heterocycles. The molecule has 0 saturated carbocycles. The highest BCUT2D eigenvalue weighted by molar-refractivity contribution is 6.25. The standard InChI is InChI=1S/C17H16O4/c1-10-4-5-13(11(2)8-10)6-7-14(18)16-15(19)9-12(3)21-17(16)20/h4-9,16H,1-3H3. The maximum atomic E-state index is 12.0. The first-order chi connectivity index (χ1) is 9.88. The summed E-state index contributed by atoms with van der Waals surface area (Å²) >= 11 is 0. The predicted molar refractivity (Wildman–Crippen MR) is 78.3 cm³/mol. The second-order valence-corrected chi connectivity index (χ2v) is 5.11. The molecule has 1 unspecified atom stereocenters. The molecule has 2 rings (SSSR count). The summed E-state index contributed by atoms with van der Waals surface area (Å²) in [4.78, 5) is 35.4. The zero-order valence-electron chi connectivity index (χ0n) is 12.2. The van der Waals surface area contributed by atoms with Gasteiger partial charge in [-0.15, -0.1) is 0 Å². The molecule has 1 aromatic carbocycles. The lowest BCUT2D eigenvalue weighted by Gasteiger charge is -2.15. The minimum absolute atomic E-state index is 0.215. The molecule has 0 bridgehead atoms. The topological polar surface area (TPSA) is 60.4 Å². The van der Waals surface area contributed by atoms with Crippen LogP contribution in [0.5, 0.6) is 0 Å². The van der Waals surface area contributed by atoms with Gasteiger partial charge in [0.15, 0.2) is 17.5 Å². The molecule has 21 heavy (non-hydrogen) atoms. The number of rotatable bonds is 3. The van der Waals surface area contributed by atoms with Gasteiger partial charge in [-0.25, -0.2) is 0 Å². The molecule has 0 amide bonds. The molecule has 0 radical (unpaired) electrons. The van der Waals surface area contributed by atoms with Crippen LogP contribution in [0.2, 0.25) is 0 Å². The van der Waals surface area contributed by atoms with E-state index in [9.17, 15) is 14.4 Å². The van der Waals surface area contributed by atoms with E-state index in [1.165, 1.54) is 19.1 Å². The number of allylic oxidation sites excluding steroid dienone is 3. The fourth-order valence-corrected chi connectivity index (χ4v) is 2.18. The van der Waals surface area contributed by atoms with Gasteiger partial charge in [0.25, 0.3) is 0 Å². The molecular weight excluding hydrogens is 268 g/mol. The molecule has 0 spiro atoms. The summed E-state index contributed by atoms with van der Waals surface area (Å²) < 4.78 is 4.83. The Kier molecular flexibility index (Phi) is 4.17. The number of benzene rings is 1. The van der Waals surface area contributed by atoms with Crippen molar-refractivity contribution in [1.82, 2.24) is 0 Å². The summed E-state index contributed by atoms with van der Waals surface area (Å²) in [5.74, 6) is -3.06. The zero-order chi connectivity index (χ0) is 15.6. The second-order valence-electron chi connectivity index (χ2n) is 5.11. The predicted octanol–water partition coefficient (Wildman–Crippen LogP) is 2.53. The second kappa shape index (κ2) is 5.87. The Morgan fingerprint density at radius 1 is 1.19 bits per heavy atom. The lowest BCUT2D eigenvalue weighted by atomic mass is 9.95. The molecule has 0 N–H and O–H groups in total. The van der Waals surface area contributed by atoms with Crippen LogP contribution in [0.1, 0.15) is 23.6 Å². The molecule has 1 atom stereocenters. The van der Waals surface area contributed by atoms with Crippen LogP contribution in [-0.4, -0.2) is 17.5 Å². The van der Waals surface area contributed by atoms with Gasteiger partial charge in [-0.05, 0) is 38.0 Å². The van der Waals surface area contributed by atoms with Gasteiger partial charge in [0.05, 0.1) is 0 Å². The van der Waals surface area contributed by atoms with Crippen LogP contribution in [0.3, 0.4) is 0 Å². The maximum absolute atomic E-state index is 12.0. The van der Waals surface area contributed by atoms with Crippen molar-refractivity contribution in [2.45, 2.75) is 20.8 Å². The van der Waals surface area contributed by atoms with Gasteiger partial charge >= 0.3 is 5.97 Å². The molecule has 1 aliphatic heterocycles. The monoisotopic (exact) mass is 284 g/mol. The van der Waals surface area contributed by atoms with Crippen LogP contribution >= 0.6 is 0 Å². The molecular formula is C17H16O4. The van der Waals surface area contributed by atoms with E-state index < -0.39 is 23.5 Å². The van der Waals surface area contributed by atoms with Crippen LogP contribution in [0.4, 0.5) is 0 Å². The third-order valence-corrected chi connectivity index (χ3v) is 3.26. The van der Waals surface area contributed by atoms with Crippen LogP contribution in [-0.2, 0) is 19.1 Å². The molecule has 0 fully saturated rings. The smallest absolute Gasteiger partial charge is 0.329 e. The summed E-state index contributed by atoms with van der Waals surface area (Å²) in [6, 6.07) is 5.82. The summed E-state index contributed by atoms with van der Waals surface area (Å²) in [5, 5.41) is 0. The lowest BCUT2D eigenvalue weighted by molar-refractivity contribution is -0.151. The minimum Gasteiger partial charge on any atom is -0.430 e. The summed E-state index contributed by atoms with van der Waals surface area (Å²) in [6.45, 7) is 5.42. The van der Waals surface area contributed by atoms with Crippen molar-refractivity contribution >= 4 is 23.6 Å². The molecule has 0 aliphatic carbocycles. The van der Waals surface area contributed by atoms with Crippen molar-refractivity contribution in [1.29, 1.82) is 0 Å². The zero-order valence-corrected chi connectivity index (χ0v) is 12.2. The number of esters is 1. The number of hydrogen-bond acceptors (Lipinski definition) is 4. The Bertz CT molecular complexity index is 680. The first-order valence-corrected chi connectivity index (χ1v) is 6.61. The minimum atomic E-state index is -1.38. The van der Waals surface area contributed by atoms with Crippen LogP contribution < -0.4 is 0 Å². The summed E-state index contributed by atoms with van der Waals surface area (Å²) in [7, 11) is 0. The molecule has 4 nitrogen and oxygen atoms in total. The molecule has 108 valence electrons. The average Bonchev–Trinajstić information content (AvgIpc) is 2.36. The van der Waals surface area contributed by atoms with E-state index in [0.717, 1.165) is 16.7 Å². The van der Waals surface area contributed by atoms with Crippen molar-refractivity contribution < 1.29 is 19.1 Å². The Labute approximate surface area is 123 Å². The molecule has 1 aliphatic rings. The Morgan fingerprint density at radius 2 is 1.90 bits per heavy atom. The van der Waals surface area contributed by atoms with Crippen molar-refractivity contribution in [3.63, 3.8) is 0 Å². The van der Waals surface area contributed by atoms with Gasteiger partial charge < -0.3 is 4.74 Å². The SMILES string of the molecule is CC1=CC(=O)C(C(=O)C=Cc2ccc(C)cc2C)C(=O)O1. The number of ketones is 2. The van der Waals surface area contributed by atoms with Crippen LogP contribution in [0, 0.1) is 19.8 Å². The third-order valence-electron chi connectivity index (χ3n) is 3.26. The largest absolute Gasteiger partial charge is 0.430 e. The molecule has 1 aromatic rings. The van der Waals surface area contributed by atoms with Crippen molar-refractivity contribution in [3.05, 3.63) is 52.8 Å². The van der Waals surface area contributed by atoms with Gasteiger partial charge in [-0.3, -0.25) is 14.4 Å². The fraction of sp³-hybridized carbons (Fsp3) is 0.235. The number of cyclic esters (lactones) is 1. The van der Waals surface area contributed by atoms with Gasteiger partial charge in [-0.1, -0.05) is 29.8 Å². The molecule has 1 heterocycles. The quantitative estimate of drug-likeness (QED) is 0.486. The van der Waals surface area contributed by atoms with Gasteiger partial charge in [-0.2, -0.15) is 0 Å². The maximum Gasteiger partial charge on any atom is 0.329 e. The first kappa shape index (κ1) is 14.9. The van der Waals surface area contributed by atoms with Crippen LogP contribution in [0.15, 0.2) is 36.1 Å². The van der Waals surface area contributed by atoms with Gasteiger partial charge in [0.2, 0.25) is 0 Å². The van der Waals surface area contributed by atoms with E-state index in [2.05, 4.69) is 0 Å². The van der Waals surface area contributed by atoms with E-state index >= 15 is 0 Å².